The molecule has 0 radical (unpaired) electrons. The number of carbonyl (C=O) groups excluding carboxylic acids is 3. The number of benzene rings is 2. The molecule has 0 aliphatic carbocycles. The van der Waals surface area contributed by atoms with Crippen LogP contribution >= 0.6 is 11.6 Å². The molecule has 2 aromatic carbocycles. The summed E-state index contributed by atoms with van der Waals surface area (Å²) in [6.45, 7) is 2.42. The van der Waals surface area contributed by atoms with Gasteiger partial charge in [0, 0.05) is 29.4 Å². The Morgan fingerprint density at radius 1 is 1.14 bits per heavy atom. The van der Waals surface area contributed by atoms with Gasteiger partial charge in [0.1, 0.15) is 0 Å². The lowest BCUT2D eigenvalue weighted by Gasteiger charge is -2.17. The van der Waals surface area contributed by atoms with Gasteiger partial charge in [0.15, 0.2) is 0 Å². The molecule has 28 heavy (non-hydrogen) atoms. The van der Waals surface area contributed by atoms with Crippen molar-refractivity contribution in [3.05, 3.63) is 59.1 Å². The highest BCUT2D eigenvalue weighted by Crippen LogP contribution is 2.23. The molecule has 7 nitrogen and oxygen atoms in total. The first-order valence-corrected chi connectivity index (χ1v) is 9.24. The third-order valence-electron chi connectivity index (χ3n) is 4.25. The third-order valence-corrected chi connectivity index (χ3v) is 4.50. The number of esters is 1. The zero-order valence-electron chi connectivity index (χ0n) is 15.3. The van der Waals surface area contributed by atoms with Crippen LogP contribution in [0.5, 0.6) is 0 Å². The molecule has 0 bridgehead atoms. The van der Waals surface area contributed by atoms with Gasteiger partial charge in [-0.05, 0) is 55.5 Å². The Bertz CT molecular complexity index is 868. The zero-order chi connectivity index (χ0) is 20.1. The van der Waals surface area contributed by atoms with Gasteiger partial charge in [-0.25, -0.2) is 9.59 Å². The molecule has 3 rings (SSSR count). The number of carbonyl (C=O) groups is 3. The average Bonchev–Trinajstić information content (AvgIpc) is 3.03. The van der Waals surface area contributed by atoms with Crippen molar-refractivity contribution in [3.8, 4) is 0 Å². The molecule has 2 N–H and O–H groups in total. The number of nitrogens with one attached hydrogen (secondary N) is 2. The van der Waals surface area contributed by atoms with Gasteiger partial charge in [-0.3, -0.25) is 4.79 Å². The van der Waals surface area contributed by atoms with E-state index < -0.39 is 12.0 Å². The van der Waals surface area contributed by atoms with E-state index in [1.807, 2.05) is 0 Å². The number of amides is 3. The van der Waals surface area contributed by atoms with E-state index in [1.54, 1.807) is 60.4 Å². The standard InChI is InChI=1S/C20H20ClN3O4/c1-2-28-19(26)13-3-7-15(8-4-13)22-20(27)23-16-11-18(25)24(12-16)17-9-5-14(21)6-10-17/h3-10,16H,2,11-12H2,1H3,(H2,22,23,27). The topological polar surface area (TPSA) is 87.7 Å². The second-order valence-electron chi connectivity index (χ2n) is 6.28. The van der Waals surface area contributed by atoms with Gasteiger partial charge in [0.25, 0.3) is 0 Å². The molecule has 2 aromatic rings. The molecule has 1 fully saturated rings. The van der Waals surface area contributed by atoms with Crippen LogP contribution in [0.2, 0.25) is 5.02 Å². The van der Waals surface area contributed by atoms with E-state index in [0.717, 1.165) is 5.69 Å². The number of hydrogen-bond acceptors (Lipinski definition) is 4. The smallest absolute Gasteiger partial charge is 0.338 e. The Balaban J connectivity index is 1.54. The number of anilines is 2. The maximum atomic E-state index is 12.2. The van der Waals surface area contributed by atoms with Crippen molar-refractivity contribution < 1.29 is 19.1 Å². The highest BCUT2D eigenvalue weighted by molar-refractivity contribution is 6.30. The molecule has 1 aliphatic rings. The fourth-order valence-electron chi connectivity index (χ4n) is 2.93. The van der Waals surface area contributed by atoms with Gasteiger partial charge in [0.2, 0.25) is 5.91 Å². The highest BCUT2D eigenvalue weighted by atomic mass is 35.5. The largest absolute Gasteiger partial charge is 0.462 e. The fraction of sp³-hybridized carbons (Fsp3) is 0.250. The summed E-state index contributed by atoms with van der Waals surface area (Å²) in [5, 5.41) is 6.09. The van der Waals surface area contributed by atoms with Crippen molar-refractivity contribution in [1.82, 2.24) is 5.32 Å². The van der Waals surface area contributed by atoms with Crippen LogP contribution in [0.3, 0.4) is 0 Å². The number of rotatable bonds is 5. The molecule has 1 aliphatic heterocycles. The van der Waals surface area contributed by atoms with Crippen molar-refractivity contribution in [2.24, 2.45) is 0 Å². The third kappa shape index (κ3) is 4.80. The Morgan fingerprint density at radius 3 is 2.46 bits per heavy atom. The van der Waals surface area contributed by atoms with Crippen LogP contribution in [0.1, 0.15) is 23.7 Å². The molecular weight excluding hydrogens is 382 g/mol. The minimum atomic E-state index is -0.417. The van der Waals surface area contributed by atoms with Gasteiger partial charge in [-0.1, -0.05) is 11.6 Å². The summed E-state index contributed by atoms with van der Waals surface area (Å²) in [5.74, 6) is -0.475. The maximum absolute atomic E-state index is 12.2. The van der Waals surface area contributed by atoms with Crippen LogP contribution in [0.25, 0.3) is 0 Å². The van der Waals surface area contributed by atoms with Crippen LogP contribution < -0.4 is 15.5 Å². The number of urea groups is 1. The summed E-state index contributed by atoms with van der Waals surface area (Å²) in [7, 11) is 0. The van der Waals surface area contributed by atoms with Gasteiger partial charge in [0.05, 0.1) is 18.2 Å². The molecule has 1 heterocycles. The molecule has 3 amide bonds. The second-order valence-corrected chi connectivity index (χ2v) is 6.71. The lowest BCUT2D eigenvalue weighted by molar-refractivity contribution is -0.117. The SMILES string of the molecule is CCOC(=O)c1ccc(NC(=O)NC2CC(=O)N(c3ccc(Cl)cc3)C2)cc1. The molecule has 1 unspecified atom stereocenters. The number of ether oxygens (including phenoxy) is 1. The first kappa shape index (κ1) is 19.7. The summed E-state index contributed by atoms with van der Waals surface area (Å²) in [6.07, 6.45) is 0.220. The Labute approximate surface area is 167 Å². The normalized spacial score (nSPS) is 16.0. The van der Waals surface area contributed by atoms with Crippen LogP contribution in [-0.2, 0) is 9.53 Å². The van der Waals surface area contributed by atoms with Crippen LogP contribution in [0.4, 0.5) is 16.2 Å². The number of nitrogens with zero attached hydrogens (tertiary/aromatic N) is 1. The van der Waals surface area contributed by atoms with E-state index in [-0.39, 0.29) is 18.4 Å². The minimum absolute atomic E-state index is 0.0635. The molecule has 1 saturated heterocycles. The molecule has 0 saturated carbocycles. The lowest BCUT2D eigenvalue weighted by atomic mass is 10.2. The van der Waals surface area contributed by atoms with E-state index in [9.17, 15) is 14.4 Å². The summed E-state index contributed by atoms with van der Waals surface area (Å²) < 4.78 is 4.92. The van der Waals surface area contributed by atoms with Gasteiger partial charge >= 0.3 is 12.0 Å². The van der Waals surface area contributed by atoms with Gasteiger partial charge in [-0.2, -0.15) is 0 Å². The van der Waals surface area contributed by atoms with Crippen molar-refractivity contribution in [3.63, 3.8) is 0 Å². The molecule has 1 atom stereocenters. The van der Waals surface area contributed by atoms with Crippen LogP contribution in [0.15, 0.2) is 48.5 Å². The van der Waals surface area contributed by atoms with E-state index in [0.29, 0.717) is 29.4 Å². The van der Waals surface area contributed by atoms with Gasteiger partial charge < -0.3 is 20.3 Å². The summed E-state index contributed by atoms with van der Waals surface area (Å²) in [5.41, 5.74) is 1.69. The van der Waals surface area contributed by atoms with Crippen LogP contribution in [-0.4, -0.2) is 37.1 Å². The Kier molecular flexibility index (Phi) is 6.16. The molecule has 0 aromatic heterocycles. The van der Waals surface area contributed by atoms with E-state index >= 15 is 0 Å². The second kappa shape index (κ2) is 8.75. The monoisotopic (exact) mass is 401 g/mol. The van der Waals surface area contributed by atoms with E-state index in [1.165, 1.54) is 0 Å². The van der Waals surface area contributed by atoms with Crippen molar-refractivity contribution in [2.75, 3.05) is 23.4 Å². The van der Waals surface area contributed by atoms with Crippen molar-refractivity contribution in [1.29, 1.82) is 0 Å². The van der Waals surface area contributed by atoms with Crippen molar-refractivity contribution in [2.45, 2.75) is 19.4 Å². The predicted octanol–water partition coefficient (Wildman–Crippen LogP) is 3.44. The quantitative estimate of drug-likeness (QED) is 0.751. The predicted molar refractivity (Wildman–Crippen MR) is 107 cm³/mol. The Morgan fingerprint density at radius 2 is 1.82 bits per heavy atom. The maximum Gasteiger partial charge on any atom is 0.338 e. The average molecular weight is 402 g/mol. The summed E-state index contributed by atoms with van der Waals surface area (Å²) in [6, 6.07) is 12.7. The fourth-order valence-corrected chi connectivity index (χ4v) is 3.06. The van der Waals surface area contributed by atoms with Crippen molar-refractivity contribution >= 4 is 40.9 Å². The number of hydrogen-bond donors (Lipinski definition) is 2. The molecular formula is C20H20ClN3O4. The summed E-state index contributed by atoms with van der Waals surface area (Å²) >= 11 is 5.88. The van der Waals surface area contributed by atoms with E-state index in [2.05, 4.69) is 10.6 Å². The highest BCUT2D eigenvalue weighted by Gasteiger charge is 2.31. The molecule has 146 valence electrons. The Hall–Kier alpha value is -3.06. The lowest BCUT2D eigenvalue weighted by Crippen LogP contribution is -2.39. The zero-order valence-corrected chi connectivity index (χ0v) is 16.0. The summed E-state index contributed by atoms with van der Waals surface area (Å²) in [4.78, 5) is 37.7. The molecule has 0 spiro atoms. The first-order valence-electron chi connectivity index (χ1n) is 8.87. The molecule has 8 heteroatoms. The first-order chi connectivity index (χ1) is 13.5. The number of halogens is 1. The van der Waals surface area contributed by atoms with Crippen LogP contribution in [0, 0.1) is 0 Å². The van der Waals surface area contributed by atoms with E-state index in [4.69, 9.17) is 16.3 Å². The minimum Gasteiger partial charge on any atom is -0.462 e. The van der Waals surface area contributed by atoms with Gasteiger partial charge in [-0.15, -0.1) is 0 Å².